The third kappa shape index (κ3) is 3.39. The summed E-state index contributed by atoms with van der Waals surface area (Å²) < 4.78 is 28.1. The zero-order chi connectivity index (χ0) is 14.8. The van der Waals surface area contributed by atoms with Crippen molar-refractivity contribution >= 4 is 31.6 Å². The molecule has 0 unspecified atom stereocenters. The maximum atomic E-state index is 12.3. The van der Waals surface area contributed by atoms with E-state index in [-0.39, 0.29) is 11.4 Å². The van der Waals surface area contributed by atoms with Crippen LogP contribution in [0, 0.1) is 6.92 Å². The average molecular weight is 355 g/mol. The van der Waals surface area contributed by atoms with Gasteiger partial charge in [-0.2, -0.15) is 0 Å². The topological polar surface area (TPSA) is 72.2 Å². The van der Waals surface area contributed by atoms with Crippen LogP contribution < -0.4 is 10.5 Å². The first kappa shape index (κ1) is 15.0. The minimum atomic E-state index is -3.57. The molecule has 2 rings (SSSR count). The van der Waals surface area contributed by atoms with Crippen molar-refractivity contribution in [1.82, 2.24) is 4.72 Å². The lowest BCUT2D eigenvalue weighted by atomic mass is 10.2. The second-order valence-electron chi connectivity index (χ2n) is 4.42. The number of anilines is 1. The predicted molar refractivity (Wildman–Crippen MR) is 83.8 cm³/mol. The maximum Gasteiger partial charge on any atom is 0.241 e. The van der Waals surface area contributed by atoms with Crippen LogP contribution in [-0.4, -0.2) is 8.42 Å². The molecule has 0 spiro atoms. The molecular weight excluding hydrogens is 340 g/mol. The Morgan fingerprint density at radius 2 is 1.90 bits per heavy atom. The lowest BCUT2D eigenvalue weighted by Gasteiger charge is -2.11. The highest BCUT2D eigenvalue weighted by Crippen LogP contribution is 2.20. The second-order valence-corrected chi connectivity index (χ2v) is 7.08. The maximum absolute atomic E-state index is 12.3. The van der Waals surface area contributed by atoms with Gasteiger partial charge in [0.2, 0.25) is 10.0 Å². The third-order valence-corrected chi connectivity index (χ3v) is 5.01. The summed E-state index contributed by atoms with van der Waals surface area (Å²) >= 11 is 3.35. The average Bonchev–Trinajstić information content (AvgIpc) is 2.40. The van der Waals surface area contributed by atoms with Crippen LogP contribution in [0.15, 0.2) is 51.8 Å². The number of halogens is 1. The SMILES string of the molecule is Cc1c(N)cccc1S(=O)(=O)NCc1cccc(Br)c1. The molecule has 0 bridgehead atoms. The Hall–Kier alpha value is -1.37. The van der Waals surface area contributed by atoms with Crippen LogP contribution in [-0.2, 0) is 16.6 Å². The van der Waals surface area contributed by atoms with Gasteiger partial charge in [0, 0.05) is 16.7 Å². The smallest absolute Gasteiger partial charge is 0.241 e. The fraction of sp³-hybridized carbons (Fsp3) is 0.143. The molecule has 0 amide bonds. The van der Waals surface area contributed by atoms with E-state index >= 15 is 0 Å². The van der Waals surface area contributed by atoms with Crippen molar-refractivity contribution in [2.75, 3.05) is 5.73 Å². The van der Waals surface area contributed by atoms with Gasteiger partial charge in [-0.3, -0.25) is 0 Å². The predicted octanol–water partition coefficient (Wildman–Crippen LogP) is 2.82. The zero-order valence-electron chi connectivity index (χ0n) is 10.9. The van der Waals surface area contributed by atoms with E-state index in [1.54, 1.807) is 25.1 Å². The molecule has 0 fully saturated rings. The summed E-state index contributed by atoms with van der Waals surface area (Å²) in [4.78, 5) is 0.215. The van der Waals surface area contributed by atoms with E-state index in [1.807, 2.05) is 24.3 Å². The number of hydrogen-bond acceptors (Lipinski definition) is 3. The standard InChI is InChI=1S/C14H15BrN2O2S/c1-10-13(16)6-3-7-14(10)20(18,19)17-9-11-4-2-5-12(15)8-11/h2-8,17H,9,16H2,1H3. The normalized spacial score (nSPS) is 11.5. The molecular formula is C14H15BrN2O2S. The molecule has 0 aliphatic heterocycles. The van der Waals surface area contributed by atoms with Crippen molar-refractivity contribution in [3.8, 4) is 0 Å². The van der Waals surface area contributed by atoms with E-state index in [9.17, 15) is 8.42 Å². The van der Waals surface area contributed by atoms with Crippen LogP contribution in [0.25, 0.3) is 0 Å². The Morgan fingerprint density at radius 3 is 2.60 bits per heavy atom. The first-order valence-electron chi connectivity index (χ1n) is 5.99. The summed E-state index contributed by atoms with van der Waals surface area (Å²) in [5.41, 5.74) is 7.66. The fourth-order valence-electron chi connectivity index (χ4n) is 1.83. The molecule has 0 aliphatic rings. The fourth-order valence-corrected chi connectivity index (χ4v) is 3.56. The van der Waals surface area contributed by atoms with Crippen LogP contribution >= 0.6 is 15.9 Å². The van der Waals surface area contributed by atoms with Gasteiger partial charge >= 0.3 is 0 Å². The Kier molecular flexibility index (Phi) is 4.47. The number of nitrogens with one attached hydrogen (secondary N) is 1. The minimum absolute atomic E-state index is 0.215. The summed E-state index contributed by atoms with van der Waals surface area (Å²) in [5, 5.41) is 0. The van der Waals surface area contributed by atoms with Gasteiger partial charge in [0.1, 0.15) is 0 Å². The number of benzene rings is 2. The molecule has 4 nitrogen and oxygen atoms in total. The first-order chi connectivity index (χ1) is 9.40. The second kappa shape index (κ2) is 5.95. The molecule has 2 aromatic rings. The van der Waals surface area contributed by atoms with Crippen LogP contribution in [0.3, 0.4) is 0 Å². The summed E-state index contributed by atoms with van der Waals surface area (Å²) in [6.45, 7) is 1.93. The molecule has 6 heteroatoms. The van der Waals surface area contributed by atoms with Crippen molar-refractivity contribution in [1.29, 1.82) is 0 Å². The monoisotopic (exact) mass is 354 g/mol. The molecule has 0 aromatic heterocycles. The van der Waals surface area contributed by atoms with Crippen LogP contribution in [0.4, 0.5) is 5.69 Å². The summed E-state index contributed by atoms with van der Waals surface area (Å²) in [6.07, 6.45) is 0. The highest BCUT2D eigenvalue weighted by molar-refractivity contribution is 9.10. The van der Waals surface area contributed by atoms with Gasteiger partial charge in [-0.15, -0.1) is 0 Å². The summed E-state index contributed by atoms with van der Waals surface area (Å²) in [7, 11) is -3.57. The Labute approximate surface area is 127 Å². The highest BCUT2D eigenvalue weighted by atomic mass is 79.9. The van der Waals surface area contributed by atoms with E-state index in [0.717, 1.165) is 10.0 Å². The molecule has 0 atom stereocenters. The molecule has 20 heavy (non-hydrogen) atoms. The van der Waals surface area contributed by atoms with Crippen LogP contribution in [0.2, 0.25) is 0 Å². The third-order valence-electron chi connectivity index (χ3n) is 2.97. The van der Waals surface area contributed by atoms with Crippen molar-refractivity contribution in [3.63, 3.8) is 0 Å². The van der Waals surface area contributed by atoms with Gasteiger partial charge in [-0.1, -0.05) is 34.1 Å². The molecule has 0 saturated heterocycles. The van der Waals surface area contributed by atoms with Gasteiger partial charge < -0.3 is 5.73 Å². The van der Waals surface area contributed by atoms with Crippen LogP contribution in [0.1, 0.15) is 11.1 Å². The number of nitrogen functional groups attached to an aromatic ring is 1. The Balaban J connectivity index is 2.22. The number of sulfonamides is 1. The highest BCUT2D eigenvalue weighted by Gasteiger charge is 2.17. The lowest BCUT2D eigenvalue weighted by molar-refractivity contribution is 0.580. The molecule has 2 aromatic carbocycles. The number of nitrogens with two attached hydrogens (primary N) is 1. The van der Waals surface area contributed by atoms with Crippen molar-refractivity contribution in [2.24, 2.45) is 0 Å². The zero-order valence-corrected chi connectivity index (χ0v) is 13.3. The van der Waals surface area contributed by atoms with Gasteiger partial charge in [0.25, 0.3) is 0 Å². The molecule has 0 radical (unpaired) electrons. The largest absolute Gasteiger partial charge is 0.398 e. The molecule has 3 N–H and O–H groups in total. The van der Waals surface area contributed by atoms with Gasteiger partial charge in [-0.05, 0) is 42.3 Å². The minimum Gasteiger partial charge on any atom is -0.398 e. The van der Waals surface area contributed by atoms with E-state index in [0.29, 0.717) is 11.3 Å². The quantitative estimate of drug-likeness (QED) is 0.829. The van der Waals surface area contributed by atoms with E-state index in [2.05, 4.69) is 20.7 Å². The number of rotatable bonds is 4. The van der Waals surface area contributed by atoms with Gasteiger partial charge in [0.15, 0.2) is 0 Å². The molecule has 0 saturated carbocycles. The van der Waals surface area contributed by atoms with Crippen LogP contribution in [0.5, 0.6) is 0 Å². The van der Waals surface area contributed by atoms with E-state index in [4.69, 9.17) is 5.73 Å². The number of hydrogen-bond donors (Lipinski definition) is 2. The summed E-state index contributed by atoms with van der Waals surface area (Å²) in [6, 6.07) is 12.3. The van der Waals surface area contributed by atoms with Gasteiger partial charge in [0.05, 0.1) is 4.90 Å². The van der Waals surface area contributed by atoms with E-state index < -0.39 is 10.0 Å². The molecule has 0 aliphatic carbocycles. The van der Waals surface area contributed by atoms with Crippen molar-refractivity contribution < 1.29 is 8.42 Å². The first-order valence-corrected chi connectivity index (χ1v) is 8.27. The molecule has 106 valence electrons. The Morgan fingerprint density at radius 1 is 1.20 bits per heavy atom. The van der Waals surface area contributed by atoms with Crippen molar-refractivity contribution in [3.05, 3.63) is 58.1 Å². The lowest BCUT2D eigenvalue weighted by Crippen LogP contribution is -2.24. The summed E-state index contributed by atoms with van der Waals surface area (Å²) in [5.74, 6) is 0. The van der Waals surface area contributed by atoms with Gasteiger partial charge in [-0.25, -0.2) is 13.1 Å². The Bertz CT molecular complexity index is 730. The molecule has 0 heterocycles. The van der Waals surface area contributed by atoms with Crippen molar-refractivity contribution in [2.45, 2.75) is 18.4 Å². The van der Waals surface area contributed by atoms with E-state index in [1.165, 1.54) is 0 Å².